The van der Waals surface area contributed by atoms with Crippen LogP contribution in [-0.4, -0.2) is 33.9 Å². The molecule has 0 aliphatic carbocycles. The minimum atomic E-state index is -0.0668. The van der Waals surface area contributed by atoms with Crippen molar-refractivity contribution in [3.8, 4) is 0 Å². The van der Waals surface area contributed by atoms with Crippen LogP contribution in [0.15, 0.2) is 6.07 Å². The summed E-state index contributed by atoms with van der Waals surface area (Å²) in [5.74, 6) is 0.545. The van der Waals surface area contributed by atoms with E-state index < -0.39 is 0 Å². The summed E-state index contributed by atoms with van der Waals surface area (Å²) in [6.45, 7) is 9.65. The van der Waals surface area contributed by atoms with E-state index in [1.165, 1.54) is 0 Å². The largest absolute Gasteiger partial charge is 0.396 e. The van der Waals surface area contributed by atoms with Crippen molar-refractivity contribution in [3.63, 3.8) is 0 Å². The van der Waals surface area contributed by atoms with E-state index >= 15 is 0 Å². The monoisotopic (exact) mass is 281 g/mol. The zero-order valence-electron chi connectivity index (χ0n) is 13.0. The van der Waals surface area contributed by atoms with E-state index in [9.17, 15) is 4.79 Å². The number of nitrogens with zero attached hydrogens (tertiary/aromatic N) is 2. The lowest BCUT2D eigenvalue weighted by molar-refractivity contribution is 0.0941. The molecule has 5 nitrogen and oxygen atoms in total. The number of amides is 1. The number of nitrogens with one attached hydrogen (secondary N) is 1. The third-order valence-corrected chi connectivity index (χ3v) is 3.39. The van der Waals surface area contributed by atoms with Gasteiger partial charge in [-0.2, -0.15) is 5.10 Å². The highest BCUT2D eigenvalue weighted by Gasteiger charge is 2.15. The van der Waals surface area contributed by atoms with Crippen LogP contribution in [-0.2, 0) is 6.54 Å². The lowest BCUT2D eigenvalue weighted by Crippen LogP contribution is -2.27. The van der Waals surface area contributed by atoms with Gasteiger partial charge in [-0.25, -0.2) is 0 Å². The maximum absolute atomic E-state index is 12.2. The molecule has 114 valence electrons. The first-order chi connectivity index (χ1) is 9.49. The van der Waals surface area contributed by atoms with Crippen LogP contribution in [0.4, 0.5) is 0 Å². The standard InChI is InChI=1S/C15H27N3O2/c1-5-18-14(9-13(17-18)11(2)3)15(20)16-8-6-7-12(4)10-19/h9,11-12,19H,5-8,10H2,1-4H3,(H,16,20). The fourth-order valence-electron chi connectivity index (χ4n) is 1.98. The Hall–Kier alpha value is -1.36. The Balaban J connectivity index is 2.54. The molecule has 0 radical (unpaired) electrons. The van der Waals surface area contributed by atoms with E-state index in [0.29, 0.717) is 30.6 Å². The summed E-state index contributed by atoms with van der Waals surface area (Å²) in [5, 5.41) is 16.3. The Morgan fingerprint density at radius 3 is 2.70 bits per heavy atom. The highest BCUT2D eigenvalue weighted by atomic mass is 16.3. The van der Waals surface area contributed by atoms with Gasteiger partial charge in [0.2, 0.25) is 0 Å². The summed E-state index contributed by atoms with van der Waals surface area (Å²) in [5.41, 5.74) is 1.58. The van der Waals surface area contributed by atoms with Crippen LogP contribution < -0.4 is 5.32 Å². The third kappa shape index (κ3) is 4.63. The van der Waals surface area contributed by atoms with Gasteiger partial charge < -0.3 is 10.4 Å². The van der Waals surface area contributed by atoms with Crippen LogP contribution in [0.5, 0.6) is 0 Å². The van der Waals surface area contributed by atoms with Crippen molar-refractivity contribution in [2.45, 2.75) is 53.0 Å². The van der Waals surface area contributed by atoms with Gasteiger partial charge in [-0.3, -0.25) is 9.48 Å². The predicted molar refractivity (Wildman–Crippen MR) is 79.8 cm³/mol. The average Bonchev–Trinajstić information content (AvgIpc) is 2.87. The summed E-state index contributed by atoms with van der Waals surface area (Å²) < 4.78 is 1.75. The SMILES string of the molecule is CCn1nc(C(C)C)cc1C(=O)NCCCC(C)CO. The quantitative estimate of drug-likeness (QED) is 0.718. The molecule has 0 aromatic carbocycles. The van der Waals surface area contributed by atoms with E-state index in [0.717, 1.165) is 18.5 Å². The van der Waals surface area contributed by atoms with Crippen molar-refractivity contribution in [3.05, 3.63) is 17.5 Å². The second-order valence-corrected chi connectivity index (χ2v) is 5.61. The van der Waals surface area contributed by atoms with Crippen molar-refractivity contribution >= 4 is 5.91 Å². The molecule has 1 unspecified atom stereocenters. The summed E-state index contributed by atoms with van der Waals surface area (Å²) >= 11 is 0. The smallest absolute Gasteiger partial charge is 0.269 e. The Morgan fingerprint density at radius 1 is 1.45 bits per heavy atom. The molecular formula is C15H27N3O2. The molecule has 2 N–H and O–H groups in total. The first-order valence-corrected chi connectivity index (χ1v) is 7.46. The molecule has 0 fully saturated rings. The zero-order chi connectivity index (χ0) is 15.1. The number of aromatic nitrogens is 2. The lowest BCUT2D eigenvalue weighted by Gasteiger charge is -2.09. The minimum absolute atomic E-state index is 0.0668. The van der Waals surface area contributed by atoms with Gasteiger partial charge in [0, 0.05) is 19.7 Å². The van der Waals surface area contributed by atoms with Crippen LogP contribution in [0.2, 0.25) is 0 Å². The molecule has 1 atom stereocenters. The van der Waals surface area contributed by atoms with Gasteiger partial charge in [0.05, 0.1) is 5.69 Å². The summed E-state index contributed by atoms with van der Waals surface area (Å²) in [4.78, 5) is 12.2. The predicted octanol–water partition coefficient (Wildman–Crippen LogP) is 2.16. The molecule has 5 heteroatoms. The molecule has 0 bridgehead atoms. The number of hydrogen-bond acceptors (Lipinski definition) is 3. The Labute approximate surface area is 121 Å². The zero-order valence-corrected chi connectivity index (χ0v) is 13.0. The topological polar surface area (TPSA) is 67.2 Å². The van der Waals surface area contributed by atoms with Gasteiger partial charge in [0.1, 0.15) is 5.69 Å². The molecule has 1 aromatic heterocycles. The molecule has 1 rings (SSSR count). The number of carbonyl (C=O) groups is 1. The van der Waals surface area contributed by atoms with Gasteiger partial charge >= 0.3 is 0 Å². The third-order valence-electron chi connectivity index (χ3n) is 3.39. The van der Waals surface area contributed by atoms with Crippen LogP contribution in [0, 0.1) is 5.92 Å². The molecule has 1 amide bonds. The van der Waals surface area contributed by atoms with Gasteiger partial charge in [-0.15, -0.1) is 0 Å². The molecule has 0 saturated heterocycles. The molecule has 1 aromatic rings. The first kappa shape index (κ1) is 16.7. The summed E-state index contributed by atoms with van der Waals surface area (Å²) in [6.07, 6.45) is 1.80. The Bertz CT molecular complexity index is 427. The van der Waals surface area contributed by atoms with Gasteiger partial charge in [-0.05, 0) is 37.7 Å². The second-order valence-electron chi connectivity index (χ2n) is 5.61. The summed E-state index contributed by atoms with van der Waals surface area (Å²) in [6, 6.07) is 1.87. The van der Waals surface area contributed by atoms with Gasteiger partial charge in [0.25, 0.3) is 5.91 Å². The molecular weight excluding hydrogens is 254 g/mol. The van der Waals surface area contributed by atoms with E-state index in [1.807, 2.05) is 19.9 Å². The minimum Gasteiger partial charge on any atom is -0.396 e. The fourth-order valence-corrected chi connectivity index (χ4v) is 1.98. The van der Waals surface area contributed by atoms with Crippen molar-refractivity contribution < 1.29 is 9.90 Å². The summed E-state index contributed by atoms with van der Waals surface area (Å²) in [7, 11) is 0. The normalized spacial score (nSPS) is 12.7. The highest BCUT2D eigenvalue weighted by molar-refractivity contribution is 5.92. The van der Waals surface area contributed by atoms with Gasteiger partial charge in [0.15, 0.2) is 0 Å². The molecule has 0 saturated carbocycles. The number of aliphatic hydroxyl groups is 1. The van der Waals surface area contributed by atoms with Crippen molar-refractivity contribution in [1.29, 1.82) is 0 Å². The molecule has 0 aliphatic rings. The van der Waals surface area contributed by atoms with Crippen LogP contribution in [0.3, 0.4) is 0 Å². The Kier molecular flexibility index (Phi) is 6.71. The number of aliphatic hydroxyl groups excluding tert-OH is 1. The fraction of sp³-hybridized carbons (Fsp3) is 0.733. The first-order valence-electron chi connectivity index (χ1n) is 7.46. The number of aryl methyl sites for hydroxylation is 1. The molecule has 20 heavy (non-hydrogen) atoms. The molecule has 0 spiro atoms. The van der Waals surface area contributed by atoms with Gasteiger partial charge in [-0.1, -0.05) is 20.8 Å². The van der Waals surface area contributed by atoms with E-state index in [-0.39, 0.29) is 12.5 Å². The number of carbonyl (C=O) groups excluding carboxylic acids is 1. The van der Waals surface area contributed by atoms with Crippen molar-refractivity contribution in [1.82, 2.24) is 15.1 Å². The highest BCUT2D eigenvalue weighted by Crippen LogP contribution is 2.14. The Morgan fingerprint density at radius 2 is 2.15 bits per heavy atom. The van der Waals surface area contributed by atoms with Crippen LogP contribution in [0.25, 0.3) is 0 Å². The van der Waals surface area contributed by atoms with E-state index in [1.54, 1.807) is 4.68 Å². The van der Waals surface area contributed by atoms with Crippen molar-refractivity contribution in [2.75, 3.05) is 13.2 Å². The average molecular weight is 281 g/mol. The van der Waals surface area contributed by atoms with Crippen LogP contribution in [0.1, 0.15) is 62.6 Å². The number of hydrogen-bond donors (Lipinski definition) is 2. The molecule has 0 aliphatic heterocycles. The van der Waals surface area contributed by atoms with Crippen LogP contribution >= 0.6 is 0 Å². The maximum Gasteiger partial charge on any atom is 0.269 e. The number of rotatable bonds is 8. The lowest BCUT2D eigenvalue weighted by atomic mass is 10.1. The van der Waals surface area contributed by atoms with E-state index in [4.69, 9.17) is 5.11 Å². The molecule has 1 heterocycles. The maximum atomic E-state index is 12.2. The van der Waals surface area contributed by atoms with Crippen molar-refractivity contribution in [2.24, 2.45) is 5.92 Å². The second kappa shape index (κ2) is 8.04. The van der Waals surface area contributed by atoms with E-state index in [2.05, 4.69) is 24.3 Å².